The monoisotopic (exact) mass is 399 g/mol. The molecule has 1 aromatic carbocycles. The summed E-state index contributed by atoms with van der Waals surface area (Å²) in [5.41, 5.74) is 0.109. The first kappa shape index (κ1) is 20.1. The van der Waals surface area contributed by atoms with E-state index in [2.05, 4.69) is 15.6 Å². The van der Waals surface area contributed by atoms with Crippen molar-refractivity contribution in [2.45, 2.75) is 26.4 Å². The number of hydrogen-bond donors (Lipinski definition) is 2. The van der Waals surface area contributed by atoms with Crippen molar-refractivity contribution in [3.8, 4) is 11.3 Å². The molecule has 0 bridgehead atoms. The van der Waals surface area contributed by atoms with Gasteiger partial charge in [-0.3, -0.25) is 4.79 Å². The van der Waals surface area contributed by atoms with Gasteiger partial charge in [-0.15, -0.1) is 0 Å². The van der Waals surface area contributed by atoms with Crippen LogP contribution in [0.4, 0.5) is 4.79 Å². The molecule has 0 fully saturated rings. The van der Waals surface area contributed by atoms with Crippen molar-refractivity contribution in [1.82, 2.24) is 15.6 Å². The molecule has 0 aliphatic carbocycles. The van der Waals surface area contributed by atoms with Gasteiger partial charge in [0.25, 0.3) is 5.91 Å². The highest BCUT2D eigenvalue weighted by Gasteiger charge is 2.19. The summed E-state index contributed by atoms with van der Waals surface area (Å²) in [5, 5.41) is 5.94. The van der Waals surface area contributed by atoms with Crippen molar-refractivity contribution in [1.29, 1.82) is 0 Å². The van der Waals surface area contributed by atoms with Gasteiger partial charge >= 0.3 is 6.09 Å². The summed E-state index contributed by atoms with van der Waals surface area (Å²) in [6.07, 6.45) is 0.621. The van der Waals surface area contributed by atoms with E-state index in [4.69, 9.17) is 32.4 Å². The van der Waals surface area contributed by atoms with Crippen LogP contribution in [-0.2, 0) is 4.74 Å². The number of amides is 2. The zero-order chi connectivity index (χ0) is 19.3. The summed E-state index contributed by atoms with van der Waals surface area (Å²) in [6, 6.07) is 4.87. The van der Waals surface area contributed by atoms with E-state index < -0.39 is 17.6 Å². The first-order valence-electron chi connectivity index (χ1n) is 7.81. The Morgan fingerprint density at radius 1 is 1.15 bits per heavy atom. The first-order chi connectivity index (χ1) is 12.2. The van der Waals surface area contributed by atoms with Crippen LogP contribution in [0.2, 0.25) is 10.0 Å². The van der Waals surface area contributed by atoms with Crippen molar-refractivity contribution in [3.05, 3.63) is 40.3 Å². The van der Waals surface area contributed by atoms with Crippen LogP contribution in [-0.4, -0.2) is 35.7 Å². The second kappa shape index (κ2) is 8.42. The zero-order valence-electron chi connectivity index (χ0n) is 14.6. The van der Waals surface area contributed by atoms with E-state index in [1.165, 1.54) is 6.39 Å². The van der Waals surface area contributed by atoms with E-state index in [1.807, 2.05) is 0 Å². The molecule has 26 heavy (non-hydrogen) atoms. The summed E-state index contributed by atoms with van der Waals surface area (Å²) in [5.74, 6) is -0.160. The van der Waals surface area contributed by atoms with E-state index in [-0.39, 0.29) is 24.5 Å². The van der Waals surface area contributed by atoms with Crippen LogP contribution in [0, 0.1) is 0 Å². The molecule has 0 saturated carbocycles. The Morgan fingerprint density at radius 3 is 2.50 bits per heavy atom. The number of hydrogen-bond acceptors (Lipinski definition) is 5. The maximum absolute atomic E-state index is 12.3. The lowest BCUT2D eigenvalue weighted by Crippen LogP contribution is -2.38. The lowest BCUT2D eigenvalue weighted by molar-refractivity contribution is 0.0526. The number of oxazole rings is 1. The Bertz CT molecular complexity index is 800. The Morgan fingerprint density at radius 2 is 1.85 bits per heavy atom. The summed E-state index contributed by atoms with van der Waals surface area (Å²) < 4.78 is 10.4. The van der Waals surface area contributed by atoms with Gasteiger partial charge in [0.1, 0.15) is 5.60 Å². The lowest BCUT2D eigenvalue weighted by atomic mass is 10.1. The fraction of sp³-hybridized carbons (Fsp3) is 0.353. The maximum atomic E-state index is 12.3. The molecule has 0 saturated heterocycles. The molecule has 2 amide bonds. The minimum atomic E-state index is -0.581. The van der Waals surface area contributed by atoms with Gasteiger partial charge in [0.2, 0.25) is 0 Å². The summed E-state index contributed by atoms with van der Waals surface area (Å²) in [4.78, 5) is 27.8. The molecule has 0 atom stereocenters. The topological polar surface area (TPSA) is 93.5 Å². The highest BCUT2D eigenvalue weighted by atomic mass is 35.5. The predicted molar refractivity (Wildman–Crippen MR) is 98.5 cm³/mol. The molecule has 0 aliphatic rings. The standard InChI is InChI=1S/C17H19Cl2N3O4/c1-17(2,3)26-16(24)21-7-6-20-15(23)13-14(25-9-22-13)10-4-5-11(18)12(19)8-10/h4-5,8-9H,6-7H2,1-3H3,(H,20,23)(H,21,24). The molecule has 0 spiro atoms. The predicted octanol–water partition coefficient (Wildman–Crippen LogP) is 3.90. The van der Waals surface area contributed by atoms with Gasteiger partial charge in [-0.2, -0.15) is 0 Å². The second-order valence-corrected chi connectivity index (χ2v) is 7.16. The van der Waals surface area contributed by atoms with Crippen LogP contribution in [0.15, 0.2) is 29.0 Å². The normalized spacial score (nSPS) is 11.1. The number of alkyl carbamates (subject to hydrolysis) is 1. The van der Waals surface area contributed by atoms with E-state index in [1.54, 1.807) is 39.0 Å². The van der Waals surface area contributed by atoms with Crippen LogP contribution in [0.5, 0.6) is 0 Å². The van der Waals surface area contributed by atoms with E-state index in [0.29, 0.717) is 15.6 Å². The van der Waals surface area contributed by atoms with E-state index >= 15 is 0 Å². The minimum absolute atomic E-state index is 0.112. The number of ether oxygens (including phenoxy) is 1. The third kappa shape index (κ3) is 5.64. The number of benzene rings is 1. The second-order valence-electron chi connectivity index (χ2n) is 6.34. The molecular weight excluding hydrogens is 381 g/mol. The van der Waals surface area contributed by atoms with Crippen molar-refractivity contribution in [2.24, 2.45) is 0 Å². The lowest BCUT2D eigenvalue weighted by Gasteiger charge is -2.19. The van der Waals surface area contributed by atoms with Gasteiger partial charge in [0.15, 0.2) is 17.8 Å². The fourth-order valence-corrected chi connectivity index (χ4v) is 2.29. The molecule has 140 valence electrons. The number of nitrogens with zero attached hydrogens (tertiary/aromatic N) is 1. The Labute approximate surface area is 161 Å². The third-order valence-electron chi connectivity index (χ3n) is 3.04. The van der Waals surface area contributed by atoms with E-state index in [0.717, 1.165) is 0 Å². The van der Waals surface area contributed by atoms with Gasteiger partial charge in [-0.1, -0.05) is 23.2 Å². The molecule has 1 heterocycles. The molecule has 0 aliphatic heterocycles. The smallest absolute Gasteiger partial charge is 0.407 e. The van der Waals surface area contributed by atoms with Crippen molar-refractivity contribution in [3.63, 3.8) is 0 Å². The van der Waals surface area contributed by atoms with Crippen molar-refractivity contribution >= 4 is 35.2 Å². The zero-order valence-corrected chi connectivity index (χ0v) is 16.1. The highest BCUT2D eigenvalue weighted by molar-refractivity contribution is 6.42. The number of halogens is 2. The summed E-state index contributed by atoms with van der Waals surface area (Å²) >= 11 is 11.9. The van der Waals surface area contributed by atoms with Crippen molar-refractivity contribution in [2.75, 3.05) is 13.1 Å². The van der Waals surface area contributed by atoms with Gasteiger partial charge < -0.3 is 19.8 Å². The molecule has 9 heteroatoms. The summed E-state index contributed by atoms with van der Waals surface area (Å²) in [7, 11) is 0. The molecular formula is C17H19Cl2N3O4. The van der Waals surface area contributed by atoms with Gasteiger partial charge in [0, 0.05) is 18.7 Å². The average molecular weight is 400 g/mol. The Hall–Kier alpha value is -2.25. The summed E-state index contributed by atoms with van der Waals surface area (Å²) in [6.45, 7) is 5.71. The average Bonchev–Trinajstić information content (AvgIpc) is 3.02. The maximum Gasteiger partial charge on any atom is 0.407 e. The van der Waals surface area contributed by atoms with Gasteiger partial charge in [-0.25, -0.2) is 9.78 Å². The minimum Gasteiger partial charge on any atom is -0.444 e. The molecule has 0 unspecified atom stereocenters. The van der Waals surface area contributed by atoms with Crippen LogP contribution >= 0.6 is 23.2 Å². The number of carbonyl (C=O) groups excluding carboxylic acids is 2. The van der Waals surface area contributed by atoms with E-state index in [9.17, 15) is 9.59 Å². The van der Waals surface area contributed by atoms with Gasteiger partial charge in [-0.05, 0) is 39.0 Å². The molecule has 2 aromatic rings. The highest BCUT2D eigenvalue weighted by Crippen LogP contribution is 2.30. The van der Waals surface area contributed by atoms with Gasteiger partial charge in [0.05, 0.1) is 10.0 Å². The Balaban J connectivity index is 1.92. The Kier molecular flexibility index (Phi) is 6.50. The fourth-order valence-electron chi connectivity index (χ4n) is 1.99. The quantitative estimate of drug-likeness (QED) is 0.743. The van der Waals surface area contributed by atoms with Crippen LogP contribution in [0.1, 0.15) is 31.3 Å². The molecule has 0 radical (unpaired) electrons. The number of rotatable bonds is 5. The van der Waals surface area contributed by atoms with Crippen LogP contribution in [0.25, 0.3) is 11.3 Å². The first-order valence-corrected chi connectivity index (χ1v) is 8.57. The third-order valence-corrected chi connectivity index (χ3v) is 3.78. The largest absolute Gasteiger partial charge is 0.444 e. The molecule has 2 rings (SSSR count). The molecule has 7 nitrogen and oxygen atoms in total. The van der Waals surface area contributed by atoms with Crippen LogP contribution < -0.4 is 10.6 Å². The van der Waals surface area contributed by atoms with Crippen LogP contribution in [0.3, 0.4) is 0 Å². The SMILES string of the molecule is CC(C)(C)OC(=O)NCCNC(=O)c1ncoc1-c1ccc(Cl)c(Cl)c1. The number of carbonyl (C=O) groups is 2. The molecule has 2 N–H and O–H groups in total. The number of aromatic nitrogens is 1. The van der Waals surface area contributed by atoms with Crippen molar-refractivity contribution < 1.29 is 18.7 Å². The molecule has 1 aromatic heterocycles. The number of nitrogens with one attached hydrogen (secondary N) is 2.